The molecule has 0 fully saturated rings. The van der Waals surface area contributed by atoms with Crippen LogP contribution >= 0.6 is 0 Å². The lowest BCUT2D eigenvalue weighted by Gasteiger charge is -2.28. The molecule has 0 radical (unpaired) electrons. The Morgan fingerprint density at radius 3 is 0.784 bits per heavy atom. The number of hydrogen-bond acceptors (Lipinski definition) is 10. The molecule has 6 N–H and O–H groups in total. The average Bonchev–Trinajstić information content (AvgIpc) is 1.50. The van der Waals surface area contributed by atoms with Crippen LogP contribution in [0.1, 0.15) is 192 Å². The van der Waals surface area contributed by atoms with E-state index in [2.05, 4.69) is 29.9 Å². The molecule has 0 saturated carbocycles. The molecule has 0 saturated heterocycles. The Morgan fingerprint density at radius 2 is 0.493 bits per heavy atom. The van der Waals surface area contributed by atoms with Crippen molar-refractivity contribution in [2.75, 3.05) is 28.4 Å². The second-order valence-electron chi connectivity index (χ2n) is 37.5. The van der Waals surface area contributed by atoms with Crippen LogP contribution in [0.2, 0.25) is 0 Å². The summed E-state index contributed by atoms with van der Waals surface area (Å²) in [5, 5.41) is 0. The molecule has 0 amide bonds. The van der Waals surface area contributed by atoms with E-state index in [0.29, 0.717) is 150 Å². The molecule has 16 nitrogen and oxygen atoms in total. The number of nitrogens with zero attached hydrogens (tertiary/aromatic N) is 6. The first-order chi connectivity index (χ1) is 63.3. The van der Waals surface area contributed by atoms with Crippen LogP contribution in [-0.4, -0.2) is 135 Å². The molecular weight excluding hydrogens is 1750 g/mol. The smallest absolute Gasteiger partial charge is 0.378 e. The third-order valence-corrected chi connectivity index (χ3v) is 26.6. The maximum absolute atomic E-state index is 18.3. The predicted octanol–water partition coefficient (Wildman–Crippen LogP) is 26.7. The van der Waals surface area contributed by atoms with Gasteiger partial charge in [-0.25, -0.2) is 29.9 Å². The van der Waals surface area contributed by atoms with E-state index in [1.807, 2.05) is 140 Å². The van der Waals surface area contributed by atoms with Crippen LogP contribution < -0.4 is 0 Å². The monoisotopic (exact) mass is 1840 g/mol. The highest BCUT2D eigenvalue weighted by atomic mass is 19.4. The van der Waals surface area contributed by atoms with Crippen LogP contribution in [0.3, 0.4) is 0 Å². The van der Waals surface area contributed by atoms with Gasteiger partial charge in [-0.15, -0.1) is 0 Å². The second kappa shape index (κ2) is 32.5. The van der Waals surface area contributed by atoms with Gasteiger partial charge in [0.1, 0.15) is 0 Å². The number of ether oxygens (including phenoxy) is 4. The van der Waals surface area contributed by atoms with Gasteiger partial charge in [-0.2, -0.15) is 61.5 Å². The van der Waals surface area contributed by atoms with Gasteiger partial charge < -0.3 is 48.9 Å². The quantitative estimate of drug-likeness (QED) is 0.0398. The van der Waals surface area contributed by atoms with E-state index >= 15 is 61.5 Å². The summed E-state index contributed by atoms with van der Waals surface area (Å²) in [5.74, 6) is -26.4. The summed E-state index contributed by atoms with van der Waals surface area (Å²) in [7, 11) is 6.27. The predicted molar refractivity (Wildman–Crippen MR) is 498 cm³/mol. The summed E-state index contributed by atoms with van der Waals surface area (Å²) >= 11 is 0. The van der Waals surface area contributed by atoms with Crippen molar-refractivity contribution in [2.24, 2.45) is 0 Å². The Hall–Kier alpha value is -12.9. The minimum atomic E-state index is -6.97. The summed E-state index contributed by atoms with van der Waals surface area (Å²) in [5.41, 5.74) is 0.0660. The number of alkyl halides is 14. The molecule has 24 bridgehead atoms. The zero-order valence-corrected chi connectivity index (χ0v) is 75.0. The van der Waals surface area contributed by atoms with Gasteiger partial charge >= 0.3 is 36.0 Å². The number of rotatable bonds is 20. The molecule has 11 aromatic rings. The number of benzene rings is 2. The molecule has 0 spiro atoms. The van der Waals surface area contributed by atoms with Gasteiger partial charge in [0.05, 0.1) is 113 Å². The fourth-order valence-electron chi connectivity index (χ4n) is 19.0. The highest BCUT2D eigenvalue weighted by molar-refractivity contribution is 6.06. The van der Waals surface area contributed by atoms with Crippen molar-refractivity contribution in [3.63, 3.8) is 0 Å². The maximum atomic E-state index is 18.3. The van der Waals surface area contributed by atoms with E-state index in [0.717, 1.165) is 59.7 Å². The van der Waals surface area contributed by atoms with Crippen molar-refractivity contribution in [1.29, 1.82) is 0 Å². The zero-order chi connectivity index (χ0) is 94.8. The van der Waals surface area contributed by atoms with E-state index in [9.17, 15) is 0 Å². The Bertz CT molecular complexity index is 7050. The summed E-state index contributed by atoms with van der Waals surface area (Å²) in [6.45, 7) is 15.2. The highest BCUT2D eigenvalue weighted by Crippen LogP contribution is 2.58. The van der Waals surface area contributed by atoms with Crippen molar-refractivity contribution in [3.8, 4) is 44.5 Å². The van der Waals surface area contributed by atoms with E-state index in [1.54, 1.807) is 77.0 Å². The fraction of sp³-hybridized carbons (Fsp3) is 0.308. The number of H-pyrrole nitrogens is 6. The van der Waals surface area contributed by atoms with E-state index < -0.39 is 114 Å². The molecule has 0 unspecified atom stereocenters. The topological polar surface area (TPSA) is 209 Å². The van der Waals surface area contributed by atoms with Crippen molar-refractivity contribution in [3.05, 3.63) is 233 Å². The lowest BCUT2D eigenvalue weighted by molar-refractivity contribution is -0.359. The number of aromatic nitrogens is 12. The van der Waals surface area contributed by atoms with Crippen molar-refractivity contribution in [1.82, 2.24) is 59.8 Å². The average molecular weight is 1840 g/mol. The Labute approximate surface area is 759 Å². The highest BCUT2D eigenvalue weighted by Gasteiger charge is 2.75. The van der Waals surface area contributed by atoms with Crippen LogP contribution in [-0.2, 0) is 82.2 Å². The Kier molecular flexibility index (Phi) is 21.9. The van der Waals surface area contributed by atoms with E-state index in [1.165, 1.54) is 0 Å². The Balaban J connectivity index is 0.958. The first-order valence-corrected chi connectivity index (χ1v) is 43.9. The molecular formula is C104H92F14N12O4. The molecule has 2 aromatic carbocycles. The molecule has 9 aromatic heterocycles. The van der Waals surface area contributed by atoms with Crippen LogP contribution in [0.25, 0.3) is 184 Å². The SMILES string of the molecule is COC(C)(C)Cc1c2nc(c(-c3cc4c(cc3-c3c5nc(c(C(F)(F)C(F)(F)C(F)(F)F)c6ccc([nH]6)c(-c6cc7c(cc6-c6c8nc(c(CC(C)(C)OC)c9ccc(cc%10nc(c(CC(C)(C)OC)c%11ccc6[nH]%11)C=C%10)[nH]9)C=C8)CCC7)c6nc(c(C(F)(F)C(F)(F)C(F)(F)F)c7ccc3[nH]7)C=C6)C=C5)CCC4)c3ccc([nH]3)c(CC(C)(C)OC)c3nc(cc4ccc1[nH]4)C=C3)C=C2. The number of aromatic amines is 6. The van der Waals surface area contributed by atoms with Crippen LogP contribution in [0.5, 0.6) is 0 Å². The summed E-state index contributed by atoms with van der Waals surface area (Å²) in [6, 6.07) is 29.2. The lowest BCUT2D eigenvalue weighted by Crippen LogP contribution is -2.50. The lowest BCUT2D eigenvalue weighted by atomic mass is 9.89. The summed E-state index contributed by atoms with van der Waals surface area (Å²) in [6.07, 6.45) is 7.91. The van der Waals surface area contributed by atoms with Gasteiger partial charge in [-0.1, -0.05) is 24.3 Å². The van der Waals surface area contributed by atoms with E-state index in [-0.39, 0.29) is 81.6 Å². The number of hydrogen-bond donors (Lipinski definition) is 6. The van der Waals surface area contributed by atoms with Gasteiger partial charge in [-0.3, -0.25) is 0 Å². The molecule has 0 atom stereocenters. The molecule has 2 aliphatic carbocycles. The number of nitrogens with one attached hydrogen (secondary N) is 6. The van der Waals surface area contributed by atoms with Gasteiger partial charge in [0.2, 0.25) is 0 Å². The van der Waals surface area contributed by atoms with Gasteiger partial charge in [-0.05, 0) is 296 Å². The molecule has 134 heavy (non-hydrogen) atoms. The summed E-state index contributed by atoms with van der Waals surface area (Å²) in [4.78, 5) is 50.4. The number of aryl methyl sites for hydroxylation is 4. The van der Waals surface area contributed by atoms with Crippen LogP contribution in [0.15, 0.2) is 109 Å². The van der Waals surface area contributed by atoms with Crippen molar-refractivity contribution in [2.45, 2.75) is 178 Å². The molecule has 8 aliphatic rings. The molecule has 6 aliphatic heterocycles. The minimum absolute atomic E-state index is 0.0112. The zero-order valence-electron chi connectivity index (χ0n) is 75.0. The largest absolute Gasteiger partial charge is 0.460 e. The molecule has 15 heterocycles. The van der Waals surface area contributed by atoms with Crippen molar-refractivity contribution < 1.29 is 80.4 Å². The first kappa shape index (κ1) is 90.3. The third kappa shape index (κ3) is 15.9. The number of halogens is 14. The number of methoxy groups -OCH3 is 4. The van der Waals surface area contributed by atoms with Crippen molar-refractivity contribution >= 4 is 139 Å². The maximum Gasteiger partial charge on any atom is 0.460 e. The van der Waals surface area contributed by atoms with Gasteiger partial charge in [0.25, 0.3) is 0 Å². The fourth-order valence-corrected chi connectivity index (χ4v) is 19.0. The standard InChI is InChI=1S/C104H92F14N12O4/c1-95(2,131-9)49-65-69-23-19-57(119-69)47-58-20-24-70(120-58)66(50-96(3,4)132-10)74-28-32-78(124-74)89(77-31-27-73(65)123-77)61-43-53-15-13-17-55(53)45-63(61)91-81-35-39-85(127-81)93(99(105,106)101(109,110)103(113,114)115)87-41-37-83(129-87)92(84-38-42-88(130-84)94(86-40-36-82(91)128-86)100(107,108)102(111,112)104(116,117)118)64-46-56-18-14-16-54(56)44-62(64)90-79-33-29-75(125-79)67(51-97(5,6)133-11)71-25-21-59(121-71)48-60-22-26-72(122-60)68(52-98(7,8)134-12)76-30-34-80(90)126-76/h19-48,119,121,124,126-127,130H,13-18,49-52H2,1-12H3. The van der Waals surface area contributed by atoms with Gasteiger partial charge in [0.15, 0.2) is 0 Å². The number of fused-ring (bicyclic) bond motifs is 26. The molecule has 30 heteroatoms. The van der Waals surface area contributed by atoms with Crippen LogP contribution in [0.4, 0.5) is 61.5 Å². The van der Waals surface area contributed by atoms with Gasteiger partial charge in [0, 0.05) is 154 Å². The Morgan fingerprint density at radius 1 is 0.261 bits per heavy atom. The molecule has 19 rings (SSSR count). The van der Waals surface area contributed by atoms with Crippen LogP contribution in [0, 0.1) is 0 Å². The summed E-state index contributed by atoms with van der Waals surface area (Å²) < 4.78 is 258. The minimum Gasteiger partial charge on any atom is -0.378 e. The second-order valence-corrected chi connectivity index (χ2v) is 37.5. The third-order valence-electron chi connectivity index (χ3n) is 26.6. The normalized spacial score (nSPS) is 14.8. The van der Waals surface area contributed by atoms with E-state index in [4.69, 9.17) is 48.9 Å². The first-order valence-electron chi connectivity index (χ1n) is 43.9. The molecule has 690 valence electrons.